The van der Waals surface area contributed by atoms with Gasteiger partial charge in [0, 0.05) is 6.04 Å². The Bertz CT molecular complexity index is 488. The van der Waals surface area contributed by atoms with Crippen molar-refractivity contribution in [2.45, 2.75) is 51.5 Å². The summed E-state index contributed by atoms with van der Waals surface area (Å²) in [7, 11) is 0. The van der Waals surface area contributed by atoms with Gasteiger partial charge in [0.2, 0.25) is 0 Å². The van der Waals surface area contributed by atoms with Crippen molar-refractivity contribution in [3.63, 3.8) is 0 Å². The van der Waals surface area contributed by atoms with Crippen LogP contribution in [0.15, 0.2) is 18.2 Å². The molecule has 0 aliphatic heterocycles. The summed E-state index contributed by atoms with van der Waals surface area (Å²) >= 11 is 12.7. The second-order valence-corrected chi connectivity index (χ2v) is 7.61. The highest BCUT2D eigenvalue weighted by molar-refractivity contribution is 6.42. The molecule has 116 valence electrons. The fraction of sp³-hybridized carbons (Fsp3) is 0.667. The maximum Gasteiger partial charge on any atom is 0.0640 e. The Morgan fingerprint density at radius 1 is 1.24 bits per heavy atom. The summed E-state index contributed by atoms with van der Waals surface area (Å²) in [5.74, 6) is 2.83. The Balaban J connectivity index is 1.75. The van der Waals surface area contributed by atoms with Crippen LogP contribution in [-0.2, 0) is 0 Å². The second-order valence-electron chi connectivity index (χ2n) is 6.82. The van der Waals surface area contributed by atoms with E-state index in [9.17, 15) is 0 Å². The van der Waals surface area contributed by atoms with E-state index in [1.54, 1.807) is 0 Å². The minimum atomic E-state index is 0.348. The average Bonchev–Trinajstić information content (AvgIpc) is 3.09. The number of hydrogen-bond donors (Lipinski definition) is 1. The van der Waals surface area contributed by atoms with E-state index >= 15 is 0 Å². The number of benzene rings is 1. The minimum absolute atomic E-state index is 0.348. The number of hydrogen-bond acceptors (Lipinski definition) is 1. The molecule has 0 aromatic heterocycles. The van der Waals surface area contributed by atoms with Crippen molar-refractivity contribution >= 4 is 23.2 Å². The van der Waals surface area contributed by atoms with Gasteiger partial charge in [0.05, 0.1) is 10.0 Å². The molecule has 4 atom stereocenters. The maximum atomic E-state index is 6.46. The molecule has 3 heteroatoms. The first-order valence-corrected chi connectivity index (χ1v) is 9.12. The quantitative estimate of drug-likeness (QED) is 0.690. The van der Waals surface area contributed by atoms with Crippen LogP contribution in [0, 0.1) is 17.8 Å². The van der Waals surface area contributed by atoms with Crippen LogP contribution in [0.25, 0.3) is 0 Å². The topological polar surface area (TPSA) is 12.0 Å². The van der Waals surface area contributed by atoms with Crippen LogP contribution in [0.3, 0.4) is 0 Å². The van der Waals surface area contributed by atoms with Crippen molar-refractivity contribution in [3.8, 4) is 0 Å². The molecule has 2 aliphatic carbocycles. The average molecular weight is 326 g/mol. The van der Waals surface area contributed by atoms with E-state index in [1.165, 1.54) is 37.7 Å². The van der Waals surface area contributed by atoms with Crippen LogP contribution in [-0.4, -0.2) is 6.54 Å². The van der Waals surface area contributed by atoms with E-state index in [0.29, 0.717) is 11.1 Å². The van der Waals surface area contributed by atoms with Gasteiger partial charge in [-0.2, -0.15) is 0 Å². The molecule has 1 aromatic carbocycles. The molecule has 0 saturated heterocycles. The van der Waals surface area contributed by atoms with Crippen molar-refractivity contribution in [1.29, 1.82) is 0 Å². The lowest BCUT2D eigenvalue weighted by molar-refractivity contribution is 0.279. The minimum Gasteiger partial charge on any atom is -0.310 e. The van der Waals surface area contributed by atoms with Crippen molar-refractivity contribution in [3.05, 3.63) is 33.8 Å². The van der Waals surface area contributed by atoms with Gasteiger partial charge in [0.1, 0.15) is 0 Å². The Morgan fingerprint density at radius 2 is 2.10 bits per heavy atom. The van der Waals surface area contributed by atoms with E-state index in [-0.39, 0.29) is 0 Å². The summed E-state index contributed by atoms with van der Waals surface area (Å²) in [6.07, 6.45) is 8.15. The van der Waals surface area contributed by atoms with Gasteiger partial charge < -0.3 is 5.32 Å². The van der Waals surface area contributed by atoms with Gasteiger partial charge in [-0.3, -0.25) is 0 Å². The highest BCUT2D eigenvalue weighted by Crippen LogP contribution is 2.51. The van der Waals surface area contributed by atoms with Crippen molar-refractivity contribution in [2.24, 2.45) is 17.8 Å². The van der Waals surface area contributed by atoms with Crippen LogP contribution in [0.2, 0.25) is 10.0 Å². The summed E-state index contributed by atoms with van der Waals surface area (Å²) in [4.78, 5) is 0. The largest absolute Gasteiger partial charge is 0.310 e. The molecule has 21 heavy (non-hydrogen) atoms. The third kappa shape index (κ3) is 3.41. The fourth-order valence-corrected chi connectivity index (χ4v) is 4.84. The fourth-order valence-electron chi connectivity index (χ4n) is 4.40. The lowest BCUT2D eigenvalue weighted by Crippen LogP contribution is -2.26. The molecule has 0 amide bonds. The highest BCUT2D eigenvalue weighted by atomic mass is 35.5. The molecule has 4 unspecified atom stereocenters. The summed E-state index contributed by atoms with van der Waals surface area (Å²) in [6, 6.07) is 6.38. The normalized spacial score (nSPS) is 29.0. The molecule has 2 aliphatic rings. The zero-order valence-electron chi connectivity index (χ0n) is 12.7. The summed E-state index contributed by atoms with van der Waals surface area (Å²) in [5.41, 5.74) is 1.18. The molecule has 2 bridgehead atoms. The molecule has 1 nitrogen and oxygen atoms in total. The van der Waals surface area contributed by atoms with Crippen LogP contribution in [0.4, 0.5) is 0 Å². The zero-order valence-corrected chi connectivity index (χ0v) is 14.3. The first-order valence-electron chi connectivity index (χ1n) is 8.36. The van der Waals surface area contributed by atoms with Gasteiger partial charge in [0.15, 0.2) is 0 Å². The predicted molar refractivity (Wildman–Crippen MR) is 91.1 cm³/mol. The van der Waals surface area contributed by atoms with Gasteiger partial charge in [-0.15, -0.1) is 0 Å². The maximum absolute atomic E-state index is 6.46. The van der Waals surface area contributed by atoms with E-state index in [2.05, 4.69) is 18.3 Å². The summed E-state index contributed by atoms with van der Waals surface area (Å²) < 4.78 is 0. The van der Waals surface area contributed by atoms with E-state index < -0.39 is 0 Å². The Labute approximate surface area is 138 Å². The van der Waals surface area contributed by atoms with Crippen LogP contribution in [0.5, 0.6) is 0 Å². The SMILES string of the molecule is CCCNC(CC1CC2CCC1C2)c1cccc(Cl)c1Cl. The van der Waals surface area contributed by atoms with Crippen molar-refractivity contribution in [1.82, 2.24) is 5.32 Å². The Kier molecular flexibility index (Phi) is 5.14. The first kappa shape index (κ1) is 15.6. The van der Waals surface area contributed by atoms with Crippen LogP contribution in [0.1, 0.15) is 57.1 Å². The molecule has 1 N–H and O–H groups in total. The Hall–Kier alpha value is -0.240. The molecule has 1 aromatic rings. The van der Waals surface area contributed by atoms with Gasteiger partial charge in [-0.25, -0.2) is 0 Å². The predicted octanol–water partition coefficient (Wildman–Crippen LogP) is 5.86. The lowest BCUT2D eigenvalue weighted by Gasteiger charge is -2.28. The molecule has 2 saturated carbocycles. The Morgan fingerprint density at radius 3 is 2.76 bits per heavy atom. The molecule has 0 spiro atoms. The molecule has 3 rings (SSSR count). The van der Waals surface area contributed by atoms with Gasteiger partial charge >= 0.3 is 0 Å². The third-order valence-corrected chi connectivity index (χ3v) is 6.25. The standard InChI is InChI=1S/C18H25Cl2N/c1-2-8-21-17(15-4-3-5-16(19)18(15)20)11-14-10-12-6-7-13(14)9-12/h3-5,12-14,17,21H,2,6-11H2,1H3. The molecule has 0 radical (unpaired) electrons. The van der Waals surface area contributed by atoms with Gasteiger partial charge in [-0.05, 0) is 68.0 Å². The van der Waals surface area contributed by atoms with Gasteiger partial charge in [-0.1, -0.05) is 48.7 Å². The van der Waals surface area contributed by atoms with Crippen LogP contribution >= 0.6 is 23.2 Å². The van der Waals surface area contributed by atoms with Crippen LogP contribution < -0.4 is 5.32 Å². The number of nitrogens with one attached hydrogen (secondary N) is 1. The van der Waals surface area contributed by atoms with Crippen molar-refractivity contribution < 1.29 is 0 Å². The molecule has 0 heterocycles. The number of halogens is 2. The van der Waals surface area contributed by atoms with E-state index in [1.807, 2.05) is 12.1 Å². The highest BCUT2D eigenvalue weighted by Gasteiger charge is 2.40. The second kappa shape index (κ2) is 6.89. The lowest BCUT2D eigenvalue weighted by atomic mass is 9.82. The smallest absolute Gasteiger partial charge is 0.0640 e. The third-order valence-electron chi connectivity index (χ3n) is 5.42. The number of fused-ring (bicyclic) bond motifs is 2. The molecule has 2 fully saturated rings. The van der Waals surface area contributed by atoms with Crippen molar-refractivity contribution in [2.75, 3.05) is 6.54 Å². The van der Waals surface area contributed by atoms with E-state index in [0.717, 1.165) is 35.7 Å². The number of rotatable bonds is 6. The molecular formula is C18H25Cl2N. The summed E-state index contributed by atoms with van der Waals surface area (Å²) in [5, 5.41) is 5.10. The summed E-state index contributed by atoms with van der Waals surface area (Å²) in [6.45, 7) is 3.25. The monoisotopic (exact) mass is 325 g/mol. The van der Waals surface area contributed by atoms with E-state index in [4.69, 9.17) is 23.2 Å². The zero-order chi connectivity index (χ0) is 14.8. The molecular weight excluding hydrogens is 301 g/mol. The first-order chi connectivity index (χ1) is 10.2. The van der Waals surface area contributed by atoms with Gasteiger partial charge in [0.25, 0.3) is 0 Å².